The fourth-order valence-electron chi connectivity index (χ4n) is 5.35. The maximum atomic E-state index is 13.6. The molecular formula is C27H29N3OS. The number of hydrogen-bond acceptors (Lipinski definition) is 4. The molecular weight excluding hydrogens is 414 g/mol. The van der Waals surface area contributed by atoms with Crippen molar-refractivity contribution in [2.75, 3.05) is 18.4 Å². The van der Waals surface area contributed by atoms with Crippen LogP contribution in [0, 0.1) is 16.7 Å². The van der Waals surface area contributed by atoms with Crippen molar-refractivity contribution in [3.8, 4) is 6.07 Å². The number of thiophene rings is 1. The Kier molecular flexibility index (Phi) is 5.99. The van der Waals surface area contributed by atoms with Crippen LogP contribution < -0.4 is 5.32 Å². The molecule has 0 saturated heterocycles. The van der Waals surface area contributed by atoms with Gasteiger partial charge in [0.2, 0.25) is 5.91 Å². The van der Waals surface area contributed by atoms with E-state index in [9.17, 15) is 4.79 Å². The minimum atomic E-state index is -0.265. The van der Waals surface area contributed by atoms with Crippen molar-refractivity contribution in [1.29, 1.82) is 5.26 Å². The van der Waals surface area contributed by atoms with Crippen molar-refractivity contribution >= 4 is 32.3 Å². The van der Waals surface area contributed by atoms with Crippen LogP contribution in [-0.4, -0.2) is 23.9 Å². The average Bonchev–Trinajstić information content (AvgIpc) is 3.25. The topological polar surface area (TPSA) is 56.1 Å². The number of hydrogen-bond donors (Lipinski definition) is 1. The maximum absolute atomic E-state index is 13.6. The molecule has 0 atom stereocenters. The van der Waals surface area contributed by atoms with Gasteiger partial charge in [-0.25, -0.2) is 0 Å². The summed E-state index contributed by atoms with van der Waals surface area (Å²) < 4.78 is 1.21. The van der Waals surface area contributed by atoms with Crippen molar-refractivity contribution in [3.05, 3.63) is 65.2 Å². The number of nitriles is 1. The molecule has 0 bridgehead atoms. The molecule has 5 heteroatoms. The van der Waals surface area contributed by atoms with E-state index in [4.69, 9.17) is 5.26 Å². The molecule has 0 radical (unpaired) electrons. The van der Waals surface area contributed by atoms with Gasteiger partial charge in [0.05, 0.1) is 22.0 Å². The Morgan fingerprint density at radius 3 is 2.75 bits per heavy atom. The number of anilines is 1. The van der Waals surface area contributed by atoms with E-state index in [1.807, 2.05) is 24.3 Å². The molecule has 0 spiro atoms. The van der Waals surface area contributed by atoms with Crippen LogP contribution in [0.5, 0.6) is 0 Å². The summed E-state index contributed by atoms with van der Waals surface area (Å²) in [6.07, 6.45) is 7.37. The van der Waals surface area contributed by atoms with Gasteiger partial charge in [-0.05, 0) is 73.0 Å². The first-order chi connectivity index (χ1) is 15.6. The fourth-order valence-corrected chi connectivity index (χ4v) is 6.31. The molecule has 5 rings (SSSR count). The Labute approximate surface area is 193 Å². The van der Waals surface area contributed by atoms with E-state index in [1.165, 1.54) is 27.6 Å². The monoisotopic (exact) mass is 443 g/mol. The molecule has 0 unspecified atom stereocenters. The predicted molar refractivity (Wildman–Crippen MR) is 131 cm³/mol. The first-order valence-electron chi connectivity index (χ1n) is 11.7. The summed E-state index contributed by atoms with van der Waals surface area (Å²) >= 11 is 1.66. The van der Waals surface area contributed by atoms with E-state index in [2.05, 4.69) is 40.6 Å². The molecule has 1 amide bonds. The number of nitrogens with one attached hydrogen (secondary N) is 1. The van der Waals surface area contributed by atoms with Gasteiger partial charge in [-0.2, -0.15) is 5.26 Å². The molecule has 1 aromatic heterocycles. The number of rotatable bonds is 5. The summed E-state index contributed by atoms with van der Waals surface area (Å²) in [7, 11) is 0. The van der Waals surface area contributed by atoms with Crippen molar-refractivity contribution in [2.45, 2.75) is 51.5 Å². The van der Waals surface area contributed by atoms with E-state index in [0.29, 0.717) is 0 Å². The van der Waals surface area contributed by atoms with Gasteiger partial charge in [0.1, 0.15) is 0 Å². The summed E-state index contributed by atoms with van der Waals surface area (Å²) in [5.74, 6) is 0.208. The molecule has 4 nitrogen and oxygen atoms in total. The van der Waals surface area contributed by atoms with Crippen LogP contribution in [0.15, 0.2) is 48.5 Å². The molecule has 1 aliphatic heterocycles. The van der Waals surface area contributed by atoms with Gasteiger partial charge >= 0.3 is 0 Å². The molecule has 2 aliphatic rings. The lowest BCUT2D eigenvalue weighted by Crippen LogP contribution is -2.42. The highest BCUT2D eigenvalue weighted by Gasteiger charge is 2.39. The van der Waals surface area contributed by atoms with E-state index in [-0.39, 0.29) is 11.3 Å². The highest BCUT2D eigenvalue weighted by atomic mass is 32.1. The first kappa shape index (κ1) is 21.2. The molecule has 2 aromatic carbocycles. The molecule has 32 heavy (non-hydrogen) atoms. The highest BCUT2D eigenvalue weighted by Crippen LogP contribution is 2.42. The number of carbonyl (C=O) groups is 1. The summed E-state index contributed by atoms with van der Waals surface area (Å²) in [4.78, 5) is 16.0. The second-order valence-electron chi connectivity index (χ2n) is 9.32. The zero-order valence-electron chi connectivity index (χ0n) is 18.4. The fraction of sp³-hybridized carbons (Fsp3) is 0.407. The van der Waals surface area contributed by atoms with E-state index in [0.717, 1.165) is 68.7 Å². The smallest absolute Gasteiger partial charge is 0.231 e. The lowest BCUT2D eigenvalue weighted by atomic mass is 9.71. The van der Waals surface area contributed by atoms with Gasteiger partial charge in [0.25, 0.3) is 0 Å². The highest BCUT2D eigenvalue weighted by molar-refractivity contribution is 7.22. The van der Waals surface area contributed by atoms with Crippen molar-refractivity contribution in [2.24, 2.45) is 5.41 Å². The Bertz CT molecular complexity index is 1140. The quantitative estimate of drug-likeness (QED) is 0.517. The number of amides is 1. The third-order valence-electron chi connectivity index (χ3n) is 7.29. The van der Waals surface area contributed by atoms with Crippen LogP contribution >= 0.6 is 11.3 Å². The van der Waals surface area contributed by atoms with Gasteiger partial charge < -0.3 is 5.32 Å². The largest absolute Gasteiger partial charge is 0.317 e. The zero-order chi connectivity index (χ0) is 22.0. The van der Waals surface area contributed by atoms with Gasteiger partial charge in [0, 0.05) is 17.8 Å². The number of benzene rings is 2. The molecule has 1 aliphatic carbocycles. The van der Waals surface area contributed by atoms with Crippen LogP contribution in [0.3, 0.4) is 0 Å². The lowest BCUT2D eigenvalue weighted by Gasteiger charge is -2.38. The second kappa shape index (κ2) is 9.05. The average molecular weight is 444 g/mol. The van der Waals surface area contributed by atoms with Crippen molar-refractivity contribution < 1.29 is 4.79 Å². The summed E-state index contributed by atoms with van der Waals surface area (Å²) in [6.45, 7) is 2.85. The standard InChI is InChI=1S/C27H29N3OS/c28-18-20-8-9-23-19-30(14-10-21(23)16-20)15-13-27(11-4-1-5-12-27)26(31)29-25-17-22-6-2-3-7-24(22)32-25/h2-3,6-9,16-17H,1,4-5,10-15,19H2,(H,29,31). The SMILES string of the molecule is N#Cc1ccc2c(c1)CCN(CCC1(C(=O)Nc3cc4ccccc4s3)CCCCC1)C2. The van der Waals surface area contributed by atoms with Gasteiger partial charge in [-0.3, -0.25) is 9.69 Å². The number of fused-ring (bicyclic) bond motifs is 2. The molecule has 1 saturated carbocycles. The van der Waals surface area contributed by atoms with Crippen LogP contribution in [-0.2, 0) is 17.8 Å². The Hall–Kier alpha value is -2.68. The van der Waals surface area contributed by atoms with E-state index in [1.54, 1.807) is 11.3 Å². The van der Waals surface area contributed by atoms with Crippen LogP contribution in [0.25, 0.3) is 10.1 Å². The first-order valence-corrected chi connectivity index (χ1v) is 12.5. The predicted octanol–water partition coefficient (Wildman–Crippen LogP) is 6.11. The summed E-state index contributed by atoms with van der Waals surface area (Å²) in [6, 6.07) is 18.7. The number of carbonyl (C=O) groups excluding carboxylic acids is 1. The van der Waals surface area contributed by atoms with E-state index >= 15 is 0 Å². The summed E-state index contributed by atoms with van der Waals surface area (Å²) in [5.41, 5.74) is 3.11. The maximum Gasteiger partial charge on any atom is 0.231 e. The minimum Gasteiger partial charge on any atom is -0.317 e. The molecule has 3 aromatic rings. The summed E-state index contributed by atoms with van der Waals surface area (Å²) in [5, 5.41) is 14.6. The van der Waals surface area contributed by atoms with Gasteiger partial charge in [-0.1, -0.05) is 43.5 Å². The number of nitrogens with zero attached hydrogens (tertiary/aromatic N) is 2. The third-order valence-corrected chi connectivity index (χ3v) is 8.32. The molecule has 1 fully saturated rings. The van der Waals surface area contributed by atoms with E-state index < -0.39 is 0 Å². The molecule has 1 N–H and O–H groups in total. The molecule has 164 valence electrons. The van der Waals surface area contributed by atoms with Crippen molar-refractivity contribution in [3.63, 3.8) is 0 Å². The Morgan fingerprint density at radius 2 is 1.94 bits per heavy atom. The normalized spacial score (nSPS) is 18.1. The Morgan fingerprint density at radius 1 is 1.09 bits per heavy atom. The Balaban J connectivity index is 1.27. The molecule has 2 heterocycles. The van der Waals surface area contributed by atoms with Gasteiger partial charge in [-0.15, -0.1) is 11.3 Å². The van der Waals surface area contributed by atoms with Crippen LogP contribution in [0.2, 0.25) is 0 Å². The van der Waals surface area contributed by atoms with Gasteiger partial charge in [0.15, 0.2) is 0 Å². The zero-order valence-corrected chi connectivity index (χ0v) is 19.2. The van der Waals surface area contributed by atoms with Crippen LogP contribution in [0.1, 0.15) is 55.2 Å². The lowest BCUT2D eigenvalue weighted by molar-refractivity contribution is -0.128. The van der Waals surface area contributed by atoms with Crippen LogP contribution in [0.4, 0.5) is 5.00 Å². The minimum absolute atomic E-state index is 0.208. The van der Waals surface area contributed by atoms with Crippen molar-refractivity contribution in [1.82, 2.24) is 4.90 Å². The second-order valence-corrected chi connectivity index (χ2v) is 10.4. The third kappa shape index (κ3) is 4.30.